The molecule has 18 heavy (non-hydrogen) atoms. The fourth-order valence-electron chi connectivity index (χ4n) is 1.40. The Morgan fingerprint density at radius 1 is 1.39 bits per heavy atom. The molecule has 1 aromatic heterocycles. The third-order valence-electron chi connectivity index (χ3n) is 2.21. The number of ether oxygens (including phenoxy) is 1. The minimum Gasteiger partial charge on any atom is -0.367 e. The summed E-state index contributed by atoms with van der Waals surface area (Å²) in [6.45, 7) is 2.36. The Morgan fingerprint density at radius 2 is 2.17 bits per heavy atom. The molecule has 94 valence electrons. The minimum absolute atomic E-state index is 0.0352. The SMILES string of the molecule is Cc1csc(NC(=O)COCc2ccccc2)n1. The van der Waals surface area contributed by atoms with Crippen LogP contribution < -0.4 is 5.32 Å². The molecule has 4 nitrogen and oxygen atoms in total. The van der Waals surface area contributed by atoms with Crippen LogP contribution in [-0.2, 0) is 16.1 Å². The van der Waals surface area contributed by atoms with E-state index in [0.717, 1.165) is 11.3 Å². The van der Waals surface area contributed by atoms with Gasteiger partial charge in [0.2, 0.25) is 0 Å². The van der Waals surface area contributed by atoms with Gasteiger partial charge in [-0.1, -0.05) is 30.3 Å². The number of benzene rings is 1. The van der Waals surface area contributed by atoms with Gasteiger partial charge in [-0.2, -0.15) is 0 Å². The summed E-state index contributed by atoms with van der Waals surface area (Å²) in [5.74, 6) is -0.180. The van der Waals surface area contributed by atoms with Crippen molar-refractivity contribution < 1.29 is 9.53 Å². The molecule has 0 unspecified atom stereocenters. The Kier molecular flexibility index (Phi) is 4.44. The lowest BCUT2D eigenvalue weighted by molar-refractivity contribution is -0.121. The van der Waals surface area contributed by atoms with Crippen LogP contribution >= 0.6 is 11.3 Å². The van der Waals surface area contributed by atoms with Crippen molar-refractivity contribution in [2.24, 2.45) is 0 Å². The van der Waals surface area contributed by atoms with Gasteiger partial charge in [0.15, 0.2) is 5.13 Å². The van der Waals surface area contributed by atoms with E-state index in [1.165, 1.54) is 11.3 Å². The van der Waals surface area contributed by atoms with Crippen LogP contribution in [0.5, 0.6) is 0 Å². The first kappa shape index (κ1) is 12.7. The summed E-state index contributed by atoms with van der Waals surface area (Å²) < 4.78 is 5.33. The maximum atomic E-state index is 11.5. The highest BCUT2D eigenvalue weighted by Crippen LogP contribution is 2.14. The maximum Gasteiger partial charge on any atom is 0.252 e. The zero-order valence-electron chi connectivity index (χ0n) is 10.1. The van der Waals surface area contributed by atoms with Gasteiger partial charge >= 0.3 is 0 Å². The zero-order valence-corrected chi connectivity index (χ0v) is 10.9. The van der Waals surface area contributed by atoms with Gasteiger partial charge in [0, 0.05) is 5.38 Å². The number of nitrogens with one attached hydrogen (secondary N) is 1. The number of aromatic nitrogens is 1. The van der Waals surface area contributed by atoms with Crippen LogP contribution in [-0.4, -0.2) is 17.5 Å². The number of hydrogen-bond acceptors (Lipinski definition) is 4. The number of anilines is 1. The molecule has 0 aliphatic carbocycles. The molecule has 0 bridgehead atoms. The summed E-state index contributed by atoms with van der Waals surface area (Å²) in [4.78, 5) is 15.7. The quantitative estimate of drug-likeness (QED) is 0.901. The first-order valence-corrected chi connectivity index (χ1v) is 6.45. The number of carbonyl (C=O) groups is 1. The highest BCUT2D eigenvalue weighted by Gasteiger charge is 2.05. The molecular weight excluding hydrogens is 248 g/mol. The van der Waals surface area contributed by atoms with E-state index in [1.54, 1.807) is 0 Å². The lowest BCUT2D eigenvalue weighted by Gasteiger charge is -2.04. The number of thiazole rings is 1. The maximum absolute atomic E-state index is 11.5. The highest BCUT2D eigenvalue weighted by molar-refractivity contribution is 7.13. The normalized spacial score (nSPS) is 10.3. The van der Waals surface area contributed by atoms with Crippen molar-refractivity contribution in [2.45, 2.75) is 13.5 Å². The summed E-state index contributed by atoms with van der Waals surface area (Å²) >= 11 is 1.41. The van der Waals surface area contributed by atoms with Crippen molar-refractivity contribution in [2.75, 3.05) is 11.9 Å². The number of aryl methyl sites for hydroxylation is 1. The van der Waals surface area contributed by atoms with E-state index in [0.29, 0.717) is 11.7 Å². The Balaban J connectivity index is 1.72. The minimum atomic E-state index is -0.180. The van der Waals surface area contributed by atoms with Crippen molar-refractivity contribution in [3.63, 3.8) is 0 Å². The monoisotopic (exact) mass is 262 g/mol. The van der Waals surface area contributed by atoms with Crippen molar-refractivity contribution in [3.8, 4) is 0 Å². The number of hydrogen-bond donors (Lipinski definition) is 1. The Bertz CT molecular complexity index is 511. The summed E-state index contributed by atoms with van der Waals surface area (Å²) in [5, 5.41) is 5.19. The second-order valence-electron chi connectivity index (χ2n) is 3.82. The van der Waals surface area contributed by atoms with Crippen LogP contribution in [0, 0.1) is 6.92 Å². The second kappa shape index (κ2) is 6.28. The molecule has 0 fully saturated rings. The van der Waals surface area contributed by atoms with E-state index >= 15 is 0 Å². The predicted molar refractivity (Wildman–Crippen MR) is 71.6 cm³/mol. The molecule has 5 heteroatoms. The topological polar surface area (TPSA) is 51.2 Å². The van der Waals surface area contributed by atoms with Crippen molar-refractivity contribution in [3.05, 3.63) is 47.0 Å². The summed E-state index contributed by atoms with van der Waals surface area (Å²) in [6, 6.07) is 9.75. The van der Waals surface area contributed by atoms with E-state index < -0.39 is 0 Å². The van der Waals surface area contributed by atoms with E-state index in [9.17, 15) is 4.79 Å². The van der Waals surface area contributed by atoms with E-state index in [2.05, 4.69) is 10.3 Å². The lowest BCUT2D eigenvalue weighted by Crippen LogP contribution is -2.18. The van der Waals surface area contributed by atoms with Gasteiger partial charge in [-0.05, 0) is 12.5 Å². The van der Waals surface area contributed by atoms with Gasteiger partial charge in [-0.3, -0.25) is 10.1 Å². The summed E-state index contributed by atoms with van der Waals surface area (Å²) in [7, 11) is 0. The molecule has 2 rings (SSSR count). The second-order valence-corrected chi connectivity index (χ2v) is 4.68. The first-order chi connectivity index (χ1) is 8.74. The molecule has 1 aromatic carbocycles. The van der Waals surface area contributed by atoms with Crippen LogP contribution in [0.3, 0.4) is 0 Å². The third kappa shape index (κ3) is 3.94. The van der Waals surface area contributed by atoms with Gasteiger partial charge in [0.1, 0.15) is 6.61 Å². The average Bonchev–Trinajstić information content (AvgIpc) is 2.76. The van der Waals surface area contributed by atoms with Crippen molar-refractivity contribution in [1.29, 1.82) is 0 Å². The third-order valence-corrected chi connectivity index (χ3v) is 3.09. The van der Waals surface area contributed by atoms with Crippen LogP contribution in [0.2, 0.25) is 0 Å². The van der Waals surface area contributed by atoms with Crippen LogP contribution in [0.25, 0.3) is 0 Å². The largest absolute Gasteiger partial charge is 0.367 e. The molecule has 0 atom stereocenters. The van der Waals surface area contributed by atoms with Gasteiger partial charge in [-0.25, -0.2) is 4.98 Å². The number of nitrogens with zero attached hydrogens (tertiary/aromatic N) is 1. The molecule has 1 amide bonds. The van der Waals surface area contributed by atoms with E-state index in [4.69, 9.17) is 4.74 Å². The Hall–Kier alpha value is -1.72. The smallest absolute Gasteiger partial charge is 0.252 e. The highest BCUT2D eigenvalue weighted by atomic mass is 32.1. The van der Waals surface area contributed by atoms with Gasteiger partial charge in [-0.15, -0.1) is 11.3 Å². The van der Waals surface area contributed by atoms with Crippen LogP contribution in [0.15, 0.2) is 35.7 Å². The first-order valence-electron chi connectivity index (χ1n) is 5.57. The predicted octanol–water partition coefficient (Wildman–Crippen LogP) is 2.61. The summed E-state index contributed by atoms with van der Waals surface area (Å²) in [5.41, 5.74) is 1.95. The zero-order chi connectivity index (χ0) is 12.8. The fourth-order valence-corrected chi connectivity index (χ4v) is 2.11. The van der Waals surface area contributed by atoms with Crippen molar-refractivity contribution >= 4 is 22.4 Å². The van der Waals surface area contributed by atoms with Gasteiger partial charge in [0.25, 0.3) is 5.91 Å². The number of carbonyl (C=O) groups excluding carboxylic acids is 1. The van der Waals surface area contributed by atoms with Gasteiger partial charge in [0.05, 0.1) is 12.3 Å². The fraction of sp³-hybridized carbons (Fsp3) is 0.231. The molecule has 1 N–H and O–H groups in total. The van der Waals surface area contributed by atoms with E-state index in [-0.39, 0.29) is 12.5 Å². The molecular formula is C13H14N2O2S. The average molecular weight is 262 g/mol. The molecule has 0 saturated carbocycles. The lowest BCUT2D eigenvalue weighted by atomic mass is 10.2. The molecule has 0 saturated heterocycles. The Labute approximate surface area is 110 Å². The van der Waals surface area contributed by atoms with Crippen LogP contribution in [0.1, 0.15) is 11.3 Å². The molecule has 0 aliphatic heterocycles. The van der Waals surface area contributed by atoms with Gasteiger partial charge < -0.3 is 4.74 Å². The van der Waals surface area contributed by atoms with Crippen molar-refractivity contribution in [1.82, 2.24) is 4.98 Å². The molecule has 0 radical (unpaired) electrons. The molecule has 0 spiro atoms. The Morgan fingerprint density at radius 3 is 2.83 bits per heavy atom. The molecule has 0 aliphatic rings. The summed E-state index contributed by atoms with van der Waals surface area (Å²) in [6.07, 6.45) is 0. The van der Waals surface area contributed by atoms with Crippen LogP contribution in [0.4, 0.5) is 5.13 Å². The number of rotatable bonds is 5. The molecule has 2 aromatic rings. The standard InChI is InChI=1S/C13H14N2O2S/c1-10-9-18-13(14-10)15-12(16)8-17-7-11-5-3-2-4-6-11/h2-6,9H,7-8H2,1H3,(H,14,15,16). The van der Waals surface area contributed by atoms with E-state index in [1.807, 2.05) is 42.6 Å². The molecule has 1 heterocycles. The number of amides is 1.